The van der Waals surface area contributed by atoms with E-state index in [4.69, 9.17) is 34.2 Å². The number of benzene rings is 1. The molecule has 20 heavy (non-hydrogen) atoms. The zero-order valence-corrected chi connectivity index (χ0v) is 11.2. The Balaban J connectivity index is 2.49. The van der Waals surface area contributed by atoms with E-state index in [0.29, 0.717) is 0 Å². The highest BCUT2D eigenvalue weighted by atomic mass is 35.5. The van der Waals surface area contributed by atoms with E-state index >= 15 is 0 Å². The van der Waals surface area contributed by atoms with E-state index in [1.54, 1.807) is 6.07 Å². The minimum Gasteiger partial charge on any atom is -0.435 e. The molecule has 0 bridgehead atoms. The summed E-state index contributed by atoms with van der Waals surface area (Å²) in [7, 11) is 0. The predicted octanol–water partition coefficient (Wildman–Crippen LogP) is 3.23. The highest BCUT2D eigenvalue weighted by Crippen LogP contribution is 2.34. The fraction of sp³-hybridized carbons (Fsp3) is 0.0909. The number of ether oxygens (including phenoxy) is 1. The molecule has 104 valence electrons. The quantitative estimate of drug-likeness (QED) is 0.942. The topological polar surface area (TPSA) is 76.9 Å². The monoisotopic (exact) mass is 318 g/mol. The number of rotatable bonds is 3. The van der Waals surface area contributed by atoms with Gasteiger partial charge in [-0.25, -0.2) is 4.68 Å². The molecule has 0 amide bonds. The average molecular weight is 319 g/mol. The number of hydrogen-bond donors (Lipinski definition) is 1. The largest absolute Gasteiger partial charge is 0.435 e. The summed E-state index contributed by atoms with van der Waals surface area (Å²) in [5, 5.41) is 12.7. The van der Waals surface area contributed by atoms with Gasteiger partial charge in [-0.15, -0.1) is 0 Å². The van der Waals surface area contributed by atoms with Crippen LogP contribution in [0.3, 0.4) is 0 Å². The van der Waals surface area contributed by atoms with Crippen molar-refractivity contribution in [2.45, 2.75) is 6.61 Å². The maximum atomic E-state index is 12.1. The number of nitrogens with two attached hydrogens (primary N) is 1. The molecule has 0 spiro atoms. The molecular formula is C11H6Cl2F2N4O. The van der Waals surface area contributed by atoms with Crippen molar-refractivity contribution in [2.75, 3.05) is 5.73 Å². The Hall–Kier alpha value is -2.04. The summed E-state index contributed by atoms with van der Waals surface area (Å²) in [5.41, 5.74) is 5.93. The lowest BCUT2D eigenvalue weighted by molar-refractivity contribution is -0.0498. The van der Waals surface area contributed by atoms with Crippen molar-refractivity contribution < 1.29 is 13.5 Å². The first-order valence-electron chi connectivity index (χ1n) is 5.12. The summed E-state index contributed by atoms with van der Waals surface area (Å²) in [6.45, 7) is -2.99. The molecule has 2 rings (SSSR count). The molecule has 1 aromatic heterocycles. The Morgan fingerprint density at radius 1 is 1.35 bits per heavy atom. The molecule has 0 unspecified atom stereocenters. The normalized spacial score (nSPS) is 10.6. The number of nitrogen functional groups attached to an aromatic ring is 1. The highest BCUT2D eigenvalue weighted by Gasteiger charge is 2.16. The fourth-order valence-corrected chi connectivity index (χ4v) is 2.16. The van der Waals surface area contributed by atoms with Crippen LogP contribution < -0.4 is 10.5 Å². The lowest BCUT2D eigenvalue weighted by Crippen LogP contribution is -2.03. The molecule has 2 N–H and O–H groups in total. The molecule has 0 aliphatic heterocycles. The summed E-state index contributed by atoms with van der Waals surface area (Å²) < 4.78 is 29.7. The third kappa shape index (κ3) is 2.76. The molecule has 1 aromatic carbocycles. The van der Waals surface area contributed by atoms with Crippen LogP contribution in [-0.2, 0) is 0 Å². The standard InChI is InChI=1S/C11H6Cl2F2N4O/c12-6-1-5(20-11(14)15)2-7(13)10(6)19-4-8(17)9(3-16)18-19/h1-2,4,11H,17H2. The van der Waals surface area contributed by atoms with Crippen molar-refractivity contribution >= 4 is 28.9 Å². The van der Waals surface area contributed by atoms with Crippen LogP contribution in [0.25, 0.3) is 5.69 Å². The Labute approximate surface area is 122 Å². The molecule has 5 nitrogen and oxygen atoms in total. The SMILES string of the molecule is N#Cc1nn(-c2c(Cl)cc(OC(F)F)cc2Cl)cc1N. The summed E-state index contributed by atoms with van der Waals surface area (Å²) in [6.07, 6.45) is 1.35. The van der Waals surface area contributed by atoms with Crippen LogP contribution in [0.2, 0.25) is 10.0 Å². The number of nitriles is 1. The van der Waals surface area contributed by atoms with Crippen LogP contribution in [-0.4, -0.2) is 16.4 Å². The molecular weight excluding hydrogens is 313 g/mol. The molecule has 0 aliphatic rings. The van der Waals surface area contributed by atoms with Gasteiger partial charge < -0.3 is 10.5 Å². The molecule has 0 saturated heterocycles. The molecule has 9 heteroatoms. The summed E-state index contributed by atoms with van der Waals surface area (Å²) in [5.74, 6) is -0.181. The fourth-order valence-electron chi connectivity index (χ4n) is 1.52. The Bertz CT molecular complexity index is 673. The Kier molecular flexibility index (Phi) is 3.97. The van der Waals surface area contributed by atoms with Gasteiger partial charge in [0, 0.05) is 12.1 Å². The Morgan fingerprint density at radius 2 is 1.95 bits per heavy atom. The van der Waals surface area contributed by atoms with Gasteiger partial charge in [0.15, 0.2) is 5.69 Å². The van der Waals surface area contributed by atoms with Gasteiger partial charge in [-0.2, -0.15) is 19.1 Å². The second kappa shape index (κ2) is 5.53. The number of alkyl halides is 2. The summed E-state index contributed by atoms with van der Waals surface area (Å²) in [6, 6.07) is 4.13. The predicted molar refractivity (Wildman–Crippen MR) is 69.3 cm³/mol. The van der Waals surface area contributed by atoms with Gasteiger partial charge in [-0.05, 0) is 0 Å². The van der Waals surface area contributed by atoms with Gasteiger partial charge in [-0.1, -0.05) is 23.2 Å². The highest BCUT2D eigenvalue weighted by molar-refractivity contribution is 6.38. The average Bonchev–Trinajstić information content (AvgIpc) is 2.68. The molecule has 0 radical (unpaired) electrons. The van der Waals surface area contributed by atoms with Crippen molar-refractivity contribution in [3.05, 3.63) is 34.1 Å². The lowest BCUT2D eigenvalue weighted by atomic mass is 10.3. The van der Waals surface area contributed by atoms with Crippen LogP contribution in [0, 0.1) is 11.3 Å². The van der Waals surface area contributed by atoms with E-state index in [-0.39, 0.29) is 32.9 Å². The second-order valence-electron chi connectivity index (χ2n) is 3.60. The van der Waals surface area contributed by atoms with Crippen molar-refractivity contribution in [3.63, 3.8) is 0 Å². The second-order valence-corrected chi connectivity index (χ2v) is 4.42. The maximum absolute atomic E-state index is 12.1. The minimum absolute atomic E-state index is 0.00467. The van der Waals surface area contributed by atoms with Gasteiger partial charge in [0.1, 0.15) is 17.5 Å². The lowest BCUT2D eigenvalue weighted by Gasteiger charge is -2.10. The minimum atomic E-state index is -2.99. The number of hydrogen-bond acceptors (Lipinski definition) is 4. The van der Waals surface area contributed by atoms with Crippen LogP contribution in [0.15, 0.2) is 18.3 Å². The van der Waals surface area contributed by atoms with Gasteiger partial charge >= 0.3 is 6.61 Å². The zero-order valence-electron chi connectivity index (χ0n) is 9.65. The molecule has 1 heterocycles. The van der Waals surface area contributed by atoms with Crippen LogP contribution in [0.4, 0.5) is 14.5 Å². The van der Waals surface area contributed by atoms with Gasteiger partial charge in [0.05, 0.1) is 21.9 Å². The number of nitrogens with zero attached hydrogens (tertiary/aromatic N) is 3. The first-order chi connectivity index (χ1) is 9.42. The third-order valence-corrected chi connectivity index (χ3v) is 2.87. The van der Waals surface area contributed by atoms with Crippen molar-refractivity contribution in [3.8, 4) is 17.5 Å². The summed E-state index contributed by atoms with van der Waals surface area (Å²) >= 11 is 11.9. The van der Waals surface area contributed by atoms with Gasteiger partial charge in [-0.3, -0.25) is 0 Å². The third-order valence-electron chi connectivity index (χ3n) is 2.29. The van der Waals surface area contributed by atoms with E-state index < -0.39 is 6.61 Å². The van der Waals surface area contributed by atoms with Crippen LogP contribution in [0.1, 0.15) is 5.69 Å². The van der Waals surface area contributed by atoms with Crippen molar-refractivity contribution in [2.24, 2.45) is 0 Å². The first-order valence-corrected chi connectivity index (χ1v) is 5.87. The maximum Gasteiger partial charge on any atom is 0.387 e. The van der Waals surface area contributed by atoms with Gasteiger partial charge in [0.25, 0.3) is 0 Å². The molecule has 0 fully saturated rings. The smallest absolute Gasteiger partial charge is 0.387 e. The first kappa shape index (κ1) is 14.4. The molecule has 0 aliphatic carbocycles. The Morgan fingerprint density at radius 3 is 2.40 bits per heavy atom. The number of halogens is 4. The molecule has 0 atom stereocenters. The number of anilines is 1. The van der Waals surface area contributed by atoms with Crippen molar-refractivity contribution in [1.29, 1.82) is 5.26 Å². The van der Waals surface area contributed by atoms with E-state index in [0.717, 1.165) is 0 Å². The van der Waals surface area contributed by atoms with E-state index in [2.05, 4.69) is 9.84 Å². The van der Waals surface area contributed by atoms with Crippen molar-refractivity contribution in [1.82, 2.24) is 9.78 Å². The zero-order chi connectivity index (χ0) is 14.9. The molecule has 0 saturated carbocycles. The van der Waals surface area contributed by atoms with E-state index in [1.807, 2.05) is 0 Å². The van der Waals surface area contributed by atoms with Gasteiger partial charge in [0.2, 0.25) is 0 Å². The molecule has 2 aromatic rings. The van der Waals surface area contributed by atoms with Crippen LogP contribution in [0.5, 0.6) is 5.75 Å². The number of aromatic nitrogens is 2. The van der Waals surface area contributed by atoms with E-state index in [9.17, 15) is 8.78 Å². The van der Waals surface area contributed by atoms with Crippen LogP contribution >= 0.6 is 23.2 Å². The van der Waals surface area contributed by atoms with E-state index in [1.165, 1.54) is 23.0 Å². The summed E-state index contributed by atoms with van der Waals surface area (Å²) in [4.78, 5) is 0.